The SMILES string of the molecule is COC(=O)C12CCC(CNC(=O)c3cc(C(=O)NCc4ccc(F)c(Cl)c4)nc4ncnn34)(CC1)CC2.COC(=O)C12CCC(CNCl)(CC1)CC2. The predicted octanol–water partition coefficient (Wildman–Crippen LogP) is 5.33. The summed E-state index contributed by atoms with van der Waals surface area (Å²) >= 11 is 11.4. The number of hydrogen-bond acceptors (Lipinski definition) is 10. The quantitative estimate of drug-likeness (QED) is 0.182. The molecule has 0 radical (unpaired) electrons. The summed E-state index contributed by atoms with van der Waals surface area (Å²) in [5, 5.41) is 9.74. The summed E-state index contributed by atoms with van der Waals surface area (Å²) in [4.78, 5) is 61.1. The molecule has 6 aliphatic carbocycles. The first-order chi connectivity index (χ1) is 24.9. The Balaban J connectivity index is 0.000000258. The van der Waals surface area contributed by atoms with Crippen molar-refractivity contribution in [2.24, 2.45) is 21.7 Å². The van der Waals surface area contributed by atoms with Crippen LogP contribution in [0.4, 0.5) is 4.39 Å². The minimum Gasteiger partial charge on any atom is -0.469 e. The van der Waals surface area contributed by atoms with Crippen LogP contribution in [0.25, 0.3) is 5.78 Å². The first-order valence-electron chi connectivity index (χ1n) is 17.6. The third-order valence-electron chi connectivity index (χ3n) is 12.3. The van der Waals surface area contributed by atoms with Gasteiger partial charge in [0, 0.05) is 25.7 Å². The normalized spacial score (nSPS) is 27.3. The molecule has 0 atom stereocenters. The lowest BCUT2D eigenvalue weighted by molar-refractivity contribution is -0.163. The second-order valence-corrected chi connectivity index (χ2v) is 15.6. The van der Waals surface area contributed by atoms with Crippen LogP contribution in [0.5, 0.6) is 0 Å². The van der Waals surface area contributed by atoms with Crippen molar-refractivity contribution in [1.29, 1.82) is 0 Å². The van der Waals surface area contributed by atoms with Gasteiger partial charge in [0.05, 0.1) is 30.1 Å². The molecule has 16 heteroatoms. The molecule has 3 aromatic rings. The first-order valence-corrected chi connectivity index (χ1v) is 18.4. The van der Waals surface area contributed by atoms with E-state index < -0.39 is 17.6 Å². The number of esters is 2. The molecule has 0 spiro atoms. The summed E-state index contributed by atoms with van der Waals surface area (Å²) in [5.41, 5.74) is 0.452. The Morgan fingerprint density at radius 3 is 1.88 bits per heavy atom. The lowest BCUT2D eigenvalue weighted by Crippen LogP contribution is -2.50. The van der Waals surface area contributed by atoms with E-state index in [1.165, 1.54) is 49.3 Å². The zero-order valence-corrected chi connectivity index (χ0v) is 30.9. The van der Waals surface area contributed by atoms with E-state index >= 15 is 0 Å². The fraction of sp³-hybridized carbons (Fsp3) is 0.583. The molecule has 6 fully saturated rings. The number of ether oxygens (including phenoxy) is 2. The maximum atomic E-state index is 13.4. The number of amides is 2. The minimum atomic E-state index is -0.546. The maximum absolute atomic E-state index is 13.4. The van der Waals surface area contributed by atoms with E-state index in [2.05, 4.69) is 30.5 Å². The lowest BCUT2D eigenvalue weighted by atomic mass is 9.53. The molecule has 9 rings (SSSR count). The average Bonchev–Trinajstić information content (AvgIpc) is 3.67. The van der Waals surface area contributed by atoms with Gasteiger partial charge in [-0.3, -0.25) is 19.2 Å². The van der Waals surface area contributed by atoms with Gasteiger partial charge in [-0.1, -0.05) is 17.7 Å². The lowest BCUT2D eigenvalue weighted by Gasteiger charge is -2.51. The maximum Gasteiger partial charge on any atom is 0.311 e. The van der Waals surface area contributed by atoms with Gasteiger partial charge in [0.25, 0.3) is 17.6 Å². The number of nitrogens with zero attached hydrogens (tertiary/aromatic N) is 4. The van der Waals surface area contributed by atoms with Crippen LogP contribution >= 0.6 is 23.4 Å². The number of hydrogen-bond donors (Lipinski definition) is 3. The summed E-state index contributed by atoms with van der Waals surface area (Å²) < 4.78 is 24.6. The standard InChI is InChI=1S/C25H26ClFN6O4.C11H18ClNO2/c1-37-22(36)25-7-4-24(5-8-25,6-9-25)13-29-21(35)19-11-18(32-23-30-14-31-33(19)23)20(34)28-12-15-2-3-17(27)16(26)10-15;1-15-9(14)11-5-2-10(3-6-11,4-7-11)8-13-12/h2-3,10-11,14H,4-9,12-13H2,1H3,(H,28,34)(H,29,35);13H,2-8H2,1H3. The van der Waals surface area contributed by atoms with E-state index in [-0.39, 0.29) is 56.9 Å². The second-order valence-electron chi connectivity index (χ2n) is 15.0. The number of nitrogens with one attached hydrogen (secondary N) is 3. The van der Waals surface area contributed by atoms with Crippen LogP contribution in [-0.4, -0.2) is 70.6 Å². The number of aromatic nitrogens is 4. The van der Waals surface area contributed by atoms with Gasteiger partial charge < -0.3 is 20.1 Å². The number of carbonyl (C=O) groups excluding carboxylic acids is 4. The zero-order chi connectivity index (χ0) is 37.1. The van der Waals surface area contributed by atoms with E-state index in [1.807, 2.05) is 0 Å². The summed E-state index contributed by atoms with van der Waals surface area (Å²) in [6.45, 7) is 1.41. The van der Waals surface area contributed by atoms with Crippen molar-refractivity contribution >= 4 is 52.9 Å². The Labute approximate surface area is 311 Å². The smallest absolute Gasteiger partial charge is 0.311 e. The molecule has 2 heterocycles. The summed E-state index contributed by atoms with van der Waals surface area (Å²) in [7, 11) is 2.92. The largest absolute Gasteiger partial charge is 0.469 e. The third-order valence-corrected chi connectivity index (χ3v) is 12.7. The molecule has 13 nitrogen and oxygen atoms in total. The number of rotatable bonds is 10. The molecule has 0 unspecified atom stereocenters. The molecule has 4 bridgehead atoms. The molecule has 6 saturated carbocycles. The van der Waals surface area contributed by atoms with Gasteiger partial charge >= 0.3 is 11.9 Å². The van der Waals surface area contributed by atoms with Crippen molar-refractivity contribution in [3.05, 3.63) is 58.4 Å². The van der Waals surface area contributed by atoms with E-state index in [4.69, 9.17) is 32.9 Å². The highest BCUT2D eigenvalue weighted by molar-refractivity contribution is 6.30. The molecule has 3 N–H and O–H groups in total. The van der Waals surface area contributed by atoms with Crippen LogP contribution in [0.3, 0.4) is 0 Å². The Kier molecular flexibility index (Phi) is 11.1. The highest BCUT2D eigenvalue weighted by Gasteiger charge is 2.54. The van der Waals surface area contributed by atoms with E-state index in [9.17, 15) is 23.6 Å². The molecular weight excluding hydrogens is 716 g/mol. The van der Waals surface area contributed by atoms with Crippen molar-refractivity contribution in [2.75, 3.05) is 27.3 Å². The van der Waals surface area contributed by atoms with Crippen molar-refractivity contribution in [3.63, 3.8) is 0 Å². The van der Waals surface area contributed by atoms with Gasteiger partial charge in [0.15, 0.2) is 0 Å². The molecule has 52 heavy (non-hydrogen) atoms. The third kappa shape index (κ3) is 7.47. The Morgan fingerprint density at radius 1 is 0.808 bits per heavy atom. The van der Waals surface area contributed by atoms with Crippen LogP contribution in [0.1, 0.15) is 104 Å². The predicted molar refractivity (Wildman–Crippen MR) is 189 cm³/mol. The van der Waals surface area contributed by atoms with E-state index in [0.29, 0.717) is 17.5 Å². The zero-order valence-electron chi connectivity index (χ0n) is 29.4. The average molecular weight is 761 g/mol. The summed E-state index contributed by atoms with van der Waals surface area (Å²) in [6.07, 6.45) is 12.2. The number of fused-ring (bicyclic) bond motifs is 7. The van der Waals surface area contributed by atoms with Gasteiger partial charge in [-0.15, -0.1) is 0 Å². The van der Waals surface area contributed by atoms with Gasteiger partial charge in [0.2, 0.25) is 0 Å². The molecular formula is C36H44Cl2FN7O6. The molecule has 2 aromatic heterocycles. The number of halogens is 3. The van der Waals surface area contributed by atoms with Crippen molar-refractivity contribution in [3.8, 4) is 0 Å². The monoisotopic (exact) mass is 759 g/mol. The molecule has 0 saturated heterocycles. The minimum absolute atomic E-state index is 0.00443. The number of methoxy groups -OCH3 is 2. The highest BCUT2D eigenvalue weighted by Crippen LogP contribution is 2.58. The summed E-state index contributed by atoms with van der Waals surface area (Å²) in [6, 6.07) is 5.53. The number of benzene rings is 1. The van der Waals surface area contributed by atoms with Crippen molar-refractivity contribution < 1.29 is 33.0 Å². The van der Waals surface area contributed by atoms with Crippen LogP contribution in [-0.2, 0) is 25.6 Å². The topological polar surface area (TPSA) is 166 Å². The molecule has 2 amide bonds. The Morgan fingerprint density at radius 2 is 1.37 bits per heavy atom. The number of carbonyl (C=O) groups is 4. The Bertz CT molecular complexity index is 1810. The van der Waals surface area contributed by atoms with Gasteiger partial charge in [-0.05, 0) is 117 Å². The van der Waals surface area contributed by atoms with Crippen LogP contribution in [0, 0.1) is 27.5 Å². The first kappa shape index (κ1) is 37.9. The van der Waals surface area contributed by atoms with Crippen molar-refractivity contribution in [2.45, 2.75) is 83.6 Å². The molecule has 280 valence electrons. The fourth-order valence-corrected chi connectivity index (χ4v) is 9.10. The van der Waals surface area contributed by atoms with Crippen LogP contribution in [0.15, 0.2) is 30.6 Å². The second kappa shape index (κ2) is 15.2. The van der Waals surface area contributed by atoms with E-state index in [1.54, 1.807) is 0 Å². The van der Waals surface area contributed by atoms with Crippen LogP contribution < -0.4 is 15.5 Å². The van der Waals surface area contributed by atoms with Crippen molar-refractivity contribution in [1.82, 2.24) is 35.1 Å². The molecule has 6 aliphatic rings. The van der Waals surface area contributed by atoms with Gasteiger partial charge in [0.1, 0.15) is 23.5 Å². The molecule has 0 aliphatic heterocycles. The Hall–Kier alpha value is -3.88. The highest BCUT2D eigenvalue weighted by atomic mass is 35.5. The van der Waals surface area contributed by atoms with Gasteiger partial charge in [-0.2, -0.15) is 14.6 Å². The fourth-order valence-electron chi connectivity index (χ4n) is 8.62. The van der Waals surface area contributed by atoms with Crippen LogP contribution in [0.2, 0.25) is 5.02 Å². The summed E-state index contributed by atoms with van der Waals surface area (Å²) in [5.74, 6) is -1.51. The van der Waals surface area contributed by atoms with E-state index in [0.717, 1.165) is 83.6 Å². The molecule has 1 aromatic carbocycles. The van der Waals surface area contributed by atoms with Gasteiger partial charge in [-0.25, -0.2) is 14.2 Å².